The summed E-state index contributed by atoms with van der Waals surface area (Å²) in [6.45, 7) is 3.75. The molecule has 0 heterocycles. The minimum Gasteiger partial charge on any atom is -0.480 e. The molecular weight excluding hydrogens is 224 g/mol. The summed E-state index contributed by atoms with van der Waals surface area (Å²) in [5, 5.41) is 11.4. The van der Waals surface area contributed by atoms with E-state index in [1.54, 1.807) is 13.8 Å². The van der Waals surface area contributed by atoms with Crippen molar-refractivity contribution in [3.8, 4) is 0 Å². The molecule has 7 heteroatoms. The smallest absolute Gasteiger partial charge is 0.326 e. The summed E-state index contributed by atoms with van der Waals surface area (Å²) in [6.07, 6.45) is 0.789. The number of carboxylic acid groups (broad SMARTS) is 1. The lowest BCUT2D eigenvalue weighted by Gasteiger charge is -2.15. The van der Waals surface area contributed by atoms with E-state index in [0.29, 0.717) is 19.4 Å². The first-order valence-corrected chi connectivity index (χ1v) is 5.43. The van der Waals surface area contributed by atoms with Crippen molar-refractivity contribution < 1.29 is 14.7 Å². The van der Waals surface area contributed by atoms with Gasteiger partial charge >= 0.3 is 5.97 Å². The molecule has 0 aromatic carbocycles. The molecule has 1 amide bonds. The van der Waals surface area contributed by atoms with Gasteiger partial charge in [-0.1, -0.05) is 13.8 Å². The van der Waals surface area contributed by atoms with Gasteiger partial charge in [-0.3, -0.25) is 9.79 Å². The Labute approximate surface area is 100 Å². The Kier molecular flexibility index (Phi) is 6.69. The first kappa shape index (κ1) is 15.2. The van der Waals surface area contributed by atoms with Crippen molar-refractivity contribution in [1.29, 1.82) is 0 Å². The second-order valence-corrected chi connectivity index (χ2v) is 4.00. The van der Waals surface area contributed by atoms with Gasteiger partial charge in [0.2, 0.25) is 5.91 Å². The quantitative estimate of drug-likeness (QED) is 0.266. The molecule has 0 saturated heterocycles. The number of carboxylic acids is 1. The highest BCUT2D eigenvalue weighted by Crippen LogP contribution is 2.01. The molecule has 0 aromatic rings. The van der Waals surface area contributed by atoms with Gasteiger partial charge in [-0.2, -0.15) is 0 Å². The van der Waals surface area contributed by atoms with Crippen molar-refractivity contribution in [3.63, 3.8) is 0 Å². The summed E-state index contributed by atoms with van der Waals surface area (Å²) in [5.74, 6) is -1.60. The van der Waals surface area contributed by atoms with E-state index >= 15 is 0 Å². The summed E-state index contributed by atoms with van der Waals surface area (Å²) in [6, 6.07) is -0.890. The van der Waals surface area contributed by atoms with Crippen LogP contribution in [-0.2, 0) is 9.59 Å². The summed E-state index contributed by atoms with van der Waals surface area (Å²) < 4.78 is 0. The third-order valence-corrected chi connectivity index (χ3v) is 2.08. The minimum absolute atomic E-state index is 0.0249. The number of nitrogens with one attached hydrogen (secondary N) is 1. The molecule has 1 atom stereocenters. The summed E-state index contributed by atoms with van der Waals surface area (Å²) in [5.41, 5.74) is 10.3. The molecule has 0 aliphatic carbocycles. The Morgan fingerprint density at radius 2 is 1.94 bits per heavy atom. The van der Waals surface area contributed by atoms with Crippen molar-refractivity contribution in [1.82, 2.24) is 5.32 Å². The topological polar surface area (TPSA) is 131 Å². The number of aliphatic imine (C=N–C) groups is 1. The molecule has 0 fully saturated rings. The second-order valence-electron chi connectivity index (χ2n) is 4.00. The SMILES string of the molecule is CC(C)C(=O)N[C@@H](CCCN=C(N)N)C(=O)O. The molecule has 6 N–H and O–H groups in total. The molecule has 0 bridgehead atoms. The van der Waals surface area contributed by atoms with Crippen LogP contribution in [0.25, 0.3) is 0 Å². The zero-order valence-electron chi connectivity index (χ0n) is 10.1. The number of nitrogens with zero attached hydrogens (tertiary/aromatic N) is 1. The highest BCUT2D eigenvalue weighted by molar-refractivity contribution is 5.84. The van der Waals surface area contributed by atoms with Crippen molar-refractivity contribution in [2.24, 2.45) is 22.4 Å². The number of amides is 1. The van der Waals surface area contributed by atoms with Gasteiger partial charge in [0.25, 0.3) is 0 Å². The Morgan fingerprint density at radius 3 is 2.35 bits per heavy atom. The number of nitrogens with two attached hydrogens (primary N) is 2. The van der Waals surface area contributed by atoms with Crippen molar-refractivity contribution in [3.05, 3.63) is 0 Å². The van der Waals surface area contributed by atoms with Crippen LogP contribution in [0.2, 0.25) is 0 Å². The van der Waals surface area contributed by atoms with E-state index < -0.39 is 12.0 Å². The van der Waals surface area contributed by atoms with Crippen LogP contribution in [0.15, 0.2) is 4.99 Å². The van der Waals surface area contributed by atoms with E-state index in [-0.39, 0.29) is 17.8 Å². The van der Waals surface area contributed by atoms with E-state index in [0.717, 1.165) is 0 Å². The third kappa shape index (κ3) is 7.15. The Hall–Kier alpha value is -1.79. The summed E-state index contributed by atoms with van der Waals surface area (Å²) >= 11 is 0. The van der Waals surface area contributed by atoms with Gasteiger partial charge in [0.1, 0.15) is 6.04 Å². The van der Waals surface area contributed by atoms with Crippen LogP contribution in [0.5, 0.6) is 0 Å². The molecule has 0 aliphatic rings. The first-order chi connectivity index (χ1) is 7.84. The molecule has 0 radical (unpaired) electrons. The molecule has 0 rings (SSSR count). The maximum atomic E-state index is 11.4. The van der Waals surface area contributed by atoms with Gasteiger partial charge in [0.05, 0.1) is 0 Å². The fraction of sp³-hybridized carbons (Fsp3) is 0.700. The second kappa shape index (κ2) is 7.48. The number of rotatable bonds is 7. The number of hydrogen-bond donors (Lipinski definition) is 4. The Balaban J connectivity index is 4.13. The average Bonchev–Trinajstić information content (AvgIpc) is 2.21. The van der Waals surface area contributed by atoms with Crippen molar-refractivity contribution in [2.75, 3.05) is 6.54 Å². The van der Waals surface area contributed by atoms with Crippen LogP contribution in [0, 0.1) is 5.92 Å². The monoisotopic (exact) mass is 244 g/mol. The highest BCUT2D eigenvalue weighted by atomic mass is 16.4. The van der Waals surface area contributed by atoms with Crippen molar-refractivity contribution >= 4 is 17.8 Å². The molecule has 0 unspecified atom stereocenters. The lowest BCUT2D eigenvalue weighted by molar-refractivity contribution is -0.142. The fourth-order valence-corrected chi connectivity index (χ4v) is 1.10. The number of carbonyl (C=O) groups excluding carboxylic acids is 1. The van der Waals surface area contributed by atoms with E-state index in [1.165, 1.54) is 0 Å². The van der Waals surface area contributed by atoms with E-state index in [2.05, 4.69) is 10.3 Å². The average molecular weight is 244 g/mol. The van der Waals surface area contributed by atoms with Crippen LogP contribution in [0.3, 0.4) is 0 Å². The van der Waals surface area contributed by atoms with Gasteiger partial charge in [0, 0.05) is 12.5 Å². The molecule has 0 spiro atoms. The summed E-state index contributed by atoms with van der Waals surface area (Å²) in [7, 11) is 0. The van der Waals surface area contributed by atoms with E-state index in [9.17, 15) is 9.59 Å². The zero-order valence-corrected chi connectivity index (χ0v) is 10.1. The van der Waals surface area contributed by atoms with Gasteiger partial charge in [0.15, 0.2) is 5.96 Å². The molecule has 7 nitrogen and oxygen atoms in total. The Morgan fingerprint density at radius 1 is 1.35 bits per heavy atom. The number of guanidine groups is 1. The van der Waals surface area contributed by atoms with Crippen LogP contribution < -0.4 is 16.8 Å². The van der Waals surface area contributed by atoms with Crippen LogP contribution in [-0.4, -0.2) is 35.5 Å². The van der Waals surface area contributed by atoms with E-state index in [1.807, 2.05) is 0 Å². The predicted molar refractivity (Wildman–Crippen MR) is 64.3 cm³/mol. The molecule has 0 aliphatic heterocycles. The fourth-order valence-electron chi connectivity index (χ4n) is 1.10. The molecular formula is C10H20N4O3. The molecule has 0 aromatic heterocycles. The molecule has 0 saturated carbocycles. The lowest BCUT2D eigenvalue weighted by Crippen LogP contribution is -2.42. The van der Waals surface area contributed by atoms with Crippen LogP contribution >= 0.6 is 0 Å². The molecule has 98 valence electrons. The normalized spacial score (nSPS) is 11.9. The van der Waals surface area contributed by atoms with Gasteiger partial charge in [-0.25, -0.2) is 4.79 Å². The highest BCUT2D eigenvalue weighted by Gasteiger charge is 2.20. The number of carbonyl (C=O) groups is 2. The largest absolute Gasteiger partial charge is 0.480 e. The first-order valence-electron chi connectivity index (χ1n) is 5.43. The van der Waals surface area contributed by atoms with Crippen LogP contribution in [0.4, 0.5) is 0 Å². The summed E-state index contributed by atoms with van der Waals surface area (Å²) in [4.78, 5) is 26.0. The number of aliphatic carboxylic acids is 1. The number of hydrogen-bond acceptors (Lipinski definition) is 3. The van der Waals surface area contributed by atoms with E-state index in [4.69, 9.17) is 16.6 Å². The predicted octanol–water partition coefficient (Wildman–Crippen LogP) is -0.735. The van der Waals surface area contributed by atoms with Crippen LogP contribution in [0.1, 0.15) is 26.7 Å². The standard InChI is InChI=1S/C10H20N4O3/c1-6(2)8(15)14-7(9(16)17)4-3-5-13-10(11)12/h6-7H,3-5H2,1-2H3,(H,14,15)(H,16,17)(H4,11,12,13)/t7-/m0/s1. The maximum absolute atomic E-state index is 11.4. The lowest BCUT2D eigenvalue weighted by atomic mass is 10.1. The van der Waals surface area contributed by atoms with Crippen molar-refractivity contribution in [2.45, 2.75) is 32.7 Å². The maximum Gasteiger partial charge on any atom is 0.326 e. The minimum atomic E-state index is -1.05. The third-order valence-electron chi connectivity index (χ3n) is 2.08. The zero-order chi connectivity index (χ0) is 13.4. The Bertz CT molecular complexity index is 298. The molecule has 17 heavy (non-hydrogen) atoms. The van der Waals surface area contributed by atoms with Gasteiger partial charge in [-0.05, 0) is 12.8 Å². The van der Waals surface area contributed by atoms with Gasteiger partial charge in [-0.15, -0.1) is 0 Å². The van der Waals surface area contributed by atoms with Gasteiger partial charge < -0.3 is 21.9 Å².